The Hall–Kier alpha value is -2.62. The van der Waals surface area contributed by atoms with E-state index in [-0.39, 0.29) is 0 Å². The Bertz CT molecular complexity index is 836. The van der Waals surface area contributed by atoms with E-state index in [1.807, 2.05) is 29.1 Å². The van der Waals surface area contributed by atoms with Gasteiger partial charge in [-0.25, -0.2) is 4.52 Å². The van der Waals surface area contributed by atoms with E-state index in [0.717, 1.165) is 24.3 Å². The number of anilines is 1. The summed E-state index contributed by atoms with van der Waals surface area (Å²) in [5.74, 6) is 1.60. The quantitative estimate of drug-likeness (QED) is 0.602. The van der Waals surface area contributed by atoms with Crippen molar-refractivity contribution in [3.63, 3.8) is 0 Å². The van der Waals surface area contributed by atoms with Gasteiger partial charge >= 0.3 is 0 Å². The molecule has 0 aliphatic rings. The lowest BCUT2D eigenvalue weighted by Crippen LogP contribution is -2.06. The lowest BCUT2D eigenvalue weighted by molar-refractivity contribution is 0.607. The zero-order chi connectivity index (χ0) is 17.6. The molecule has 25 heavy (non-hydrogen) atoms. The fourth-order valence-electron chi connectivity index (χ4n) is 2.97. The first-order chi connectivity index (χ1) is 12.2. The fraction of sp³-hybridized carbons (Fsp3) is 0.333. The average Bonchev–Trinajstić information content (AvgIpc) is 3.01. The van der Waals surface area contributed by atoms with Crippen LogP contribution < -0.4 is 5.32 Å². The zero-order valence-electron chi connectivity index (χ0n) is 15.1. The molecule has 130 valence electrons. The van der Waals surface area contributed by atoms with E-state index in [4.69, 9.17) is 0 Å². The van der Waals surface area contributed by atoms with E-state index in [1.165, 1.54) is 29.5 Å². The molecule has 0 spiro atoms. The molecular formula is C21H26N4. The van der Waals surface area contributed by atoms with Crippen LogP contribution in [0.15, 0.2) is 55.5 Å². The number of nitrogens with zero attached hydrogens (tertiary/aromatic N) is 3. The van der Waals surface area contributed by atoms with Gasteiger partial charge in [0.25, 0.3) is 0 Å². The predicted molar refractivity (Wildman–Crippen MR) is 104 cm³/mol. The maximum absolute atomic E-state index is 4.52. The Morgan fingerprint density at radius 3 is 2.92 bits per heavy atom. The van der Waals surface area contributed by atoms with Crippen LogP contribution in [0.5, 0.6) is 0 Å². The molecular weight excluding hydrogens is 308 g/mol. The molecule has 0 saturated carbocycles. The molecule has 4 heteroatoms. The van der Waals surface area contributed by atoms with Crippen LogP contribution >= 0.6 is 0 Å². The van der Waals surface area contributed by atoms with E-state index in [9.17, 15) is 0 Å². The monoisotopic (exact) mass is 334 g/mol. The minimum Gasteiger partial charge on any atom is -0.366 e. The van der Waals surface area contributed by atoms with Crippen LogP contribution in [0.2, 0.25) is 0 Å². The first-order valence-corrected chi connectivity index (χ1v) is 8.90. The molecule has 4 nitrogen and oxygen atoms in total. The second kappa shape index (κ2) is 7.97. The summed E-state index contributed by atoms with van der Waals surface area (Å²) in [7, 11) is 0. The van der Waals surface area contributed by atoms with Crippen LogP contribution in [0.1, 0.15) is 36.5 Å². The Balaban J connectivity index is 1.79. The summed E-state index contributed by atoms with van der Waals surface area (Å²) in [6.45, 7) is 8.94. The van der Waals surface area contributed by atoms with Crippen molar-refractivity contribution in [2.45, 2.75) is 39.7 Å². The molecule has 0 saturated heterocycles. The van der Waals surface area contributed by atoms with Crippen molar-refractivity contribution in [1.82, 2.24) is 14.6 Å². The number of rotatable bonds is 8. The molecule has 1 N–H and O–H groups in total. The maximum atomic E-state index is 4.52. The summed E-state index contributed by atoms with van der Waals surface area (Å²) in [4.78, 5) is 4.18. The van der Waals surface area contributed by atoms with Crippen LogP contribution in [0.3, 0.4) is 0 Å². The largest absolute Gasteiger partial charge is 0.366 e. The highest BCUT2D eigenvalue weighted by molar-refractivity contribution is 5.61. The minimum atomic E-state index is 0.573. The fourth-order valence-corrected chi connectivity index (χ4v) is 2.97. The molecule has 0 fully saturated rings. The van der Waals surface area contributed by atoms with Crippen molar-refractivity contribution in [2.75, 3.05) is 5.32 Å². The van der Waals surface area contributed by atoms with Crippen LogP contribution in [-0.2, 0) is 13.0 Å². The molecule has 0 amide bonds. The molecule has 3 rings (SSSR count). The lowest BCUT2D eigenvalue weighted by Gasteiger charge is -2.12. The van der Waals surface area contributed by atoms with Gasteiger partial charge in [0.2, 0.25) is 0 Å². The van der Waals surface area contributed by atoms with Gasteiger partial charge in [-0.15, -0.1) is 6.58 Å². The molecule has 0 bridgehead atoms. The predicted octanol–water partition coefficient (Wildman–Crippen LogP) is 4.79. The standard InChI is InChI=1S/C21H26N4/c1-4-16(2)7-5-8-18-11-20-17(3)13-24-25(20)21(12-18)23-15-19-9-6-10-22-14-19/h4,6,9-14,16,23H,1,5,7-8,15H2,2-3H3. The van der Waals surface area contributed by atoms with Crippen molar-refractivity contribution < 1.29 is 0 Å². The first-order valence-electron chi connectivity index (χ1n) is 8.90. The second-order valence-electron chi connectivity index (χ2n) is 6.69. The zero-order valence-corrected chi connectivity index (χ0v) is 15.1. The highest BCUT2D eigenvalue weighted by Crippen LogP contribution is 2.21. The number of fused-ring (bicyclic) bond motifs is 1. The third-order valence-corrected chi connectivity index (χ3v) is 4.60. The smallest absolute Gasteiger partial charge is 0.128 e. The van der Waals surface area contributed by atoms with Crippen LogP contribution in [0, 0.1) is 12.8 Å². The number of aryl methyl sites for hydroxylation is 2. The van der Waals surface area contributed by atoms with Gasteiger partial charge in [-0.3, -0.25) is 4.98 Å². The van der Waals surface area contributed by atoms with Crippen molar-refractivity contribution in [3.8, 4) is 0 Å². The number of aromatic nitrogens is 3. The number of hydrogen-bond acceptors (Lipinski definition) is 3. The van der Waals surface area contributed by atoms with Crippen molar-refractivity contribution in [1.29, 1.82) is 0 Å². The molecule has 0 aliphatic heterocycles. The Labute approximate surface area is 149 Å². The van der Waals surface area contributed by atoms with E-state index in [0.29, 0.717) is 5.92 Å². The van der Waals surface area contributed by atoms with Gasteiger partial charge in [-0.2, -0.15) is 5.10 Å². The van der Waals surface area contributed by atoms with E-state index in [1.54, 1.807) is 6.20 Å². The van der Waals surface area contributed by atoms with Gasteiger partial charge in [-0.05, 0) is 67.0 Å². The Kier molecular flexibility index (Phi) is 5.49. The average molecular weight is 334 g/mol. The van der Waals surface area contributed by atoms with Gasteiger partial charge < -0.3 is 5.32 Å². The van der Waals surface area contributed by atoms with Crippen LogP contribution in [0.25, 0.3) is 5.52 Å². The lowest BCUT2D eigenvalue weighted by atomic mass is 10.0. The summed E-state index contributed by atoms with van der Waals surface area (Å²) < 4.78 is 1.99. The van der Waals surface area contributed by atoms with E-state index in [2.05, 4.69) is 54.0 Å². The van der Waals surface area contributed by atoms with Gasteiger partial charge in [-0.1, -0.05) is 19.1 Å². The SMILES string of the molecule is C=CC(C)CCCc1cc(NCc2cccnc2)n2ncc(C)c2c1. The molecule has 3 aromatic rings. The highest BCUT2D eigenvalue weighted by Gasteiger charge is 2.08. The summed E-state index contributed by atoms with van der Waals surface area (Å²) in [5, 5.41) is 8.03. The second-order valence-corrected chi connectivity index (χ2v) is 6.69. The van der Waals surface area contributed by atoms with Gasteiger partial charge in [0, 0.05) is 18.9 Å². The molecule has 1 unspecified atom stereocenters. The summed E-state index contributed by atoms with van der Waals surface area (Å²) in [6, 6.07) is 8.51. The molecule has 1 atom stereocenters. The minimum absolute atomic E-state index is 0.573. The van der Waals surface area contributed by atoms with Gasteiger partial charge in [0.1, 0.15) is 5.82 Å². The topological polar surface area (TPSA) is 42.2 Å². The summed E-state index contributed by atoms with van der Waals surface area (Å²) >= 11 is 0. The van der Waals surface area contributed by atoms with Gasteiger partial charge in [0.15, 0.2) is 0 Å². The molecule has 0 aliphatic carbocycles. The molecule has 3 aromatic heterocycles. The highest BCUT2D eigenvalue weighted by atomic mass is 15.3. The summed E-state index contributed by atoms with van der Waals surface area (Å²) in [5.41, 5.74) is 4.87. The Morgan fingerprint density at radius 2 is 2.16 bits per heavy atom. The Morgan fingerprint density at radius 1 is 1.28 bits per heavy atom. The summed E-state index contributed by atoms with van der Waals surface area (Å²) in [6.07, 6.45) is 11.0. The number of pyridine rings is 2. The number of nitrogens with one attached hydrogen (secondary N) is 1. The van der Waals surface area contributed by atoms with Crippen molar-refractivity contribution in [2.24, 2.45) is 5.92 Å². The van der Waals surface area contributed by atoms with Crippen LogP contribution in [-0.4, -0.2) is 14.6 Å². The third kappa shape index (κ3) is 4.27. The number of allylic oxidation sites excluding steroid dienone is 1. The maximum Gasteiger partial charge on any atom is 0.128 e. The molecule has 0 radical (unpaired) electrons. The first kappa shape index (κ1) is 17.2. The van der Waals surface area contributed by atoms with Crippen LogP contribution in [0.4, 0.5) is 5.82 Å². The third-order valence-electron chi connectivity index (χ3n) is 4.60. The van der Waals surface area contributed by atoms with Crippen molar-refractivity contribution >= 4 is 11.3 Å². The van der Waals surface area contributed by atoms with Gasteiger partial charge in [0.05, 0.1) is 11.7 Å². The van der Waals surface area contributed by atoms with E-state index >= 15 is 0 Å². The molecule has 3 heterocycles. The normalized spacial score (nSPS) is 12.2. The van der Waals surface area contributed by atoms with Crippen molar-refractivity contribution in [3.05, 3.63) is 72.2 Å². The number of hydrogen-bond donors (Lipinski definition) is 1. The molecule has 0 aromatic carbocycles. The van der Waals surface area contributed by atoms with E-state index < -0.39 is 0 Å².